The first-order valence-electron chi connectivity index (χ1n) is 11.0. The number of pyridine rings is 2. The van der Waals surface area contributed by atoms with E-state index in [2.05, 4.69) is 48.5 Å². The number of nitrogens with one attached hydrogen (secondary N) is 1. The Morgan fingerprint density at radius 2 is 2.11 bits per heavy atom. The number of hydrogen-bond donors (Lipinski definition) is 2. The number of alkyl halides is 2. The van der Waals surface area contributed by atoms with Crippen molar-refractivity contribution in [2.45, 2.75) is 38.3 Å². The van der Waals surface area contributed by atoms with Crippen LogP contribution in [-0.4, -0.2) is 37.3 Å². The molecule has 0 saturated heterocycles. The number of fused-ring (bicyclic) bond motifs is 2. The van der Waals surface area contributed by atoms with Gasteiger partial charge in [0.05, 0.1) is 47.6 Å². The SMILES string of the molecule is NC(=C(C=NCc1cn2cc(C3CC3)ccc2n1)C(=O)NCc1ncn2ccc(Br)cc12)C(F)F. The lowest BCUT2D eigenvalue weighted by Crippen LogP contribution is -2.29. The van der Waals surface area contributed by atoms with Crippen molar-refractivity contribution in [1.82, 2.24) is 24.1 Å². The van der Waals surface area contributed by atoms with Crippen LogP contribution in [0.25, 0.3) is 11.2 Å². The minimum Gasteiger partial charge on any atom is -0.397 e. The molecular formula is C24H22BrF2N7O. The van der Waals surface area contributed by atoms with Gasteiger partial charge in [0, 0.05) is 29.3 Å². The number of imidazole rings is 2. The lowest BCUT2D eigenvalue weighted by Gasteiger charge is -2.08. The Morgan fingerprint density at radius 3 is 2.89 bits per heavy atom. The zero-order chi connectivity index (χ0) is 24.5. The number of aromatic nitrogens is 4. The summed E-state index contributed by atoms with van der Waals surface area (Å²) >= 11 is 3.40. The van der Waals surface area contributed by atoms with E-state index in [1.807, 2.05) is 35.0 Å². The highest BCUT2D eigenvalue weighted by Gasteiger charge is 2.24. The molecule has 0 unspecified atom stereocenters. The lowest BCUT2D eigenvalue weighted by atomic mass is 10.2. The third-order valence-corrected chi connectivity index (χ3v) is 6.33. The standard InChI is InChI=1S/C24H22BrF2N7O/c25-16-5-6-33-13-31-19(20(33)7-16)10-30-24(35)18(22(28)23(26)27)9-29-8-17-12-34-11-15(14-1-2-14)3-4-21(34)32-17/h3-7,9,11-14,23H,1-2,8,10,28H2,(H,30,35). The first kappa shape index (κ1) is 23.2. The van der Waals surface area contributed by atoms with Gasteiger partial charge in [0.1, 0.15) is 5.65 Å². The highest BCUT2D eigenvalue weighted by Crippen LogP contribution is 2.39. The van der Waals surface area contributed by atoms with E-state index in [0.29, 0.717) is 17.3 Å². The number of carbonyl (C=O) groups is 1. The van der Waals surface area contributed by atoms with E-state index >= 15 is 0 Å². The van der Waals surface area contributed by atoms with Crippen LogP contribution >= 0.6 is 15.9 Å². The number of allylic oxidation sites excluding steroid dienone is 1. The summed E-state index contributed by atoms with van der Waals surface area (Å²) in [7, 11) is 0. The molecule has 0 bridgehead atoms. The fraction of sp³-hybridized carbons (Fsp3) is 0.250. The monoisotopic (exact) mass is 541 g/mol. The van der Waals surface area contributed by atoms with E-state index < -0.39 is 18.0 Å². The third kappa shape index (κ3) is 5.09. The highest BCUT2D eigenvalue weighted by molar-refractivity contribution is 9.10. The van der Waals surface area contributed by atoms with Crippen molar-refractivity contribution in [3.63, 3.8) is 0 Å². The zero-order valence-corrected chi connectivity index (χ0v) is 20.1. The van der Waals surface area contributed by atoms with Gasteiger partial charge >= 0.3 is 0 Å². The Hall–Kier alpha value is -3.60. The molecular weight excluding hydrogens is 520 g/mol. The second-order valence-corrected chi connectivity index (χ2v) is 9.30. The van der Waals surface area contributed by atoms with Gasteiger partial charge in [0.15, 0.2) is 0 Å². The van der Waals surface area contributed by atoms with Crippen LogP contribution in [0.15, 0.2) is 69.9 Å². The second kappa shape index (κ2) is 9.57. The molecule has 4 heterocycles. The molecule has 0 aromatic carbocycles. The number of nitrogens with zero attached hydrogens (tertiary/aromatic N) is 5. The lowest BCUT2D eigenvalue weighted by molar-refractivity contribution is -0.117. The molecule has 4 aromatic rings. The predicted octanol–water partition coefficient (Wildman–Crippen LogP) is 3.99. The highest BCUT2D eigenvalue weighted by atomic mass is 79.9. The summed E-state index contributed by atoms with van der Waals surface area (Å²) in [5.74, 6) is -0.139. The molecule has 0 spiro atoms. The van der Waals surface area contributed by atoms with E-state index in [9.17, 15) is 13.6 Å². The largest absolute Gasteiger partial charge is 0.397 e. The summed E-state index contributed by atoms with van der Waals surface area (Å²) in [6.45, 7) is 0.156. The molecule has 0 atom stereocenters. The average molecular weight is 542 g/mol. The van der Waals surface area contributed by atoms with E-state index in [1.165, 1.54) is 18.4 Å². The molecule has 5 rings (SSSR count). The van der Waals surface area contributed by atoms with E-state index in [4.69, 9.17) is 5.73 Å². The van der Waals surface area contributed by atoms with Gasteiger partial charge in [0.25, 0.3) is 12.3 Å². The van der Waals surface area contributed by atoms with Crippen molar-refractivity contribution in [3.05, 3.63) is 81.9 Å². The van der Waals surface area contributed by atoms with Gasteiger partial charge in [-0.25, -0.2) is 18.7 Å². The number of amides is 1. The van der Waals surface area contributed by atoms with Crippen LogP contribution in [0, 0.1) is 0 Å². The van der Waals surface area contributed by atoms with Crippen LogP contribution in [0.4, 0.5) is 8.78 Å². The van der Waals surface area contributed by atoms with Gasteiger partial charge in [-0.2, -0.15) is 0 Å². The maximum Gasteiger partial charge on any atom is 0.278 e. The van der Waals surface area contributed by atoms with Crippen LogP contribution in [0.5, 0.6) is 0 Å². The van der Waals surface area contributed by atoms with Crippen molar-refractivity contribution in [3.8, 4) is 0 Å². The van der Waals surface area contributed by atoms with Crippen molar-refractivity contribution in [1.29, 1.82) is 0 Å². The number of rotatable bonds is 8. The van der Waals surface area contributed by atoms with Gasteiger partial charge in [-0.05, 0) is 42.5 Å². The predicted molar refractivity (Wildman–Crippen MR) is 131 cm³/mol. The summed E-state index contributed by atoms with van der Waals surface area (Å²) in [6, 6.07) is 7.73. The van der Waals surface area contributed by atoms with E-state index in [0.717, 1.165) is 21.9 Å². The fourth-order valence-corrected chi connectivity index (χ4v) is 4.15. The molecule has 180 valence electrons. The molecule has 11 heteroatoms. The number of aliphatic imine (C=N–C) groups is 1. The Morgan fingerprint density at radius 1 is 1.29 bits per heavy atom. The quantitative estimate of drug-likeness (QED) is 0.260. The van der Waals surface area contributed by atoms with Crippen LogP contribution in [0.2, 0.25) is 0 Å². The molecule has 4 aromatic heterocycles. The summed E-state index contributed by atoms with van der Waals surface area (Å²) < 4.78 is 31.3. The Balaban J connectivity index is 1.29. The molecule has 8 nitrogen and oxygen atoms in total. The van der Waals surface area contributed by atoms with Crippen molar-refractivity contribution in [2.75, 3.05) is 0 Å². The Labute approximate surface area is 207 Å². The van der Waals surface area contributed by atoms with Crippen molar-refractivity contribution in [2.24, 2.45) is 10.7 Å². The number of carbonyl (C=O) groups excluding carboxylic acids is 1. The van der Waals surface area contributed by atoms with Gasteiger partial charge in [-0.15, -0.1) is 0 Å². The van der Waals surface area contributed by atoms with Gasteiger partial charge in [-0.3, -0.25) is 9.79 Å². The van der Waals surface area contributed by atoms with Gasteiger partial charge in [0.2, 0.25) is 0 Å². The molecule has 1 aliphatic rings. The zero-order valence-electron chi connectivity index (χ0n) is 18.5. The van der Waals surface area contributed by atoms with Crippen LogP contribution in [0.3, 0.4) is 0 Å². The second-order valence-electron chi connectivity index (χ2n) is 8.39. The molecule has 1 amide bonds. The van der Waals surface area contributed by atoms with E-state index in [-0.39, 0.29) is 18.7 Å². The summed E-state index contributed by atoms with van der Waals surface area (Å²) in [4.78, 5) is 25.7. The summed E-state index contributed by atoms with van der Waals surface area (Å²) in [6.07, 6.45) is 7.82. The smallest absolute Gasteiger partial charge is 0.278 e. The molecule has 1 saturated carbocycles. The van der Waals surface area contributed by atoms with Crippen LogP contribution in [-0.2, 0) is 17.9 Å². The normalized spacial score (nSPS) is 14.9. The minimum atomic E-state index is -3.00. The van der Waals surface area contributed by atoms with Gasteiger partial charge in [-0.1, -0.05) is 22.0 Å². The third-order valence-electron chi connectivity index (χ3n) is 5.83. The first-order valence-corrected chi connectivity index (χ1v) is 11.8. The Bertz CT molecular complexity index is 1470. The Kier molecular flexibility index (Phi) is 6.33. The number of hydrogen-bond acceptors (Lipinski definition) is 5. The van der Waals surface area contributed by atoms with Crippen molar-refractivity contribution < 1.29 is 13.6 Å². The maximum atomic E-state index is 13.3. The summed E-state index contributed by atoms with van der Waals surface area (Å²) in [5, 5.41) is 2.61. The summed E-state index contributed by atoms with van der Waals surface area (Å²) in [5.41, 5.74) is 8.38. The molecule has 1 aliphatic carbocycles. The molecule has 0 radical (unpaired) electrons. The average Bonchev–Trinajstić information content (AvgIpc) is 3.49. The molecule has 0 aliphatic heterocycles. The maximum absolute atomic E-state index is 13.3. The minimum absolute atomic E-state index is 0.0371. The van der Waals surface area contributed by atoms with Crippen molar-refractivity contribution >= 4 is 39.2 Å². The van der Waals surface area contributed by atoms with Gasteiger partial charge < -0.3 is 19.9 Å². The molecule has 1 fully saturated rings. The van der Waals surface area contributed by atoms with Crippen LogP contribution in [0.1, 0.15) is 35.7 Å². The topological polar surface area (TPSA) is 102 Å². The molecule has 3 N–H and O–H groups in total. The first-order chi connectivity index (χ1) is 16.9. The van der Waals surface area contributed by atoms with Crippen LogP contribution < -0.4 is 11.1 Å². The van der Waals surface area contributed by atoms with E-state index in [1.54, 1.807) is 10.7 Å². The fourth-order valence-electron chi connectivity index (χ4n) is 3.82. The molecule has 35 heavy (non-hydrogen) atoms. The number of halogens is 3. The number of nitrogens with two attached hydrogens (primary N) is 1.